The van der Waals surface area contributed by atoms with Crippen molar-refractivity contribution in [2.24, 2.45) is 0 Å². The molecule has 1 nitrogen and oxygen atoms in total. The minimum Gasteiger partial charge on any atom is -0.315 e. The van der Waals surface area contributed by atoms with E-state index in [2.05, 4.69) is 19.2 Å². The Labute approximate surface area is 95.6 Å². The van der Waals surface area contributed by atoms with Crippen molar-refractivity contribution >= 4 is 11.6 Å². The van der Waals surface area contributed by atoms with E-state index in [0.29, 0.717) is 6.04 Å². The summed E-state index contributed by atoms with van der Waals surface area (Å²) in [6, 6.07) is 5.48. The van der Waals surface area contributed by atoms with Crippen LogP contribution in [-0.2, 0) is 6.42 Å². The fraction of sp³-hybridized carbons (Fsp3) is 0.500. The molecule has 0 saturated heterocycles. The maximum absolute atomic E-state index is 13.1. The summed E-state index contributed by atoms with van der Waals surface area (Å²) < 4.78 is 13.1. The van der Waals surface area contributed by atoms with Gasteiger partial charge in [0.1, 0.15) is 5.82 Å². The number of hydrogen-bond donors (Lipinski definition) is 1. The van der Waals surface area contributed by atoms with Crippen molar-refractivity contribution in [3.8, 4) is 0 Å². The highest BCUT2D eigenvalue weighted by atomic mass is 35.5. The lowest BCUT2D eigenvalue weighted by Crippen LogP contribution is -2.25. The number of hydrogen-bond acceptors (Lipinski definition) is 1. The number of nitrogens with one attached hydrogen (secondary N) is 1. The summed E-state index contributed by atoms with van der Waals surface area (Å²) >= 11 is 5.61. The van der Waals surface area contributed by atoms with Crippen LogP contribution in [0.25, 0.3) is 0 Å². The van der Waals surface area contributed by atoms with Crippen molar-refractivity contribution in [3.05, 3.63) is 34.6 Å². The topological polar surface area (TPSA) is 12.0 Å². The SMILES string of the molecule is CCNC(C)CCc1ccc(Cl)c(F)c1. The zero-order valence-corrected chi connectivity index (χ0v) is 9.94. The second-order valence-electron chi connectivity index (χ2n) is 3.75. The van der Waals surface area contributed by atoms with Crippen molar-refractivity contribution in [1.29, 1.82) is 0 Å². The van der Waals surface area contributed by atoms with Crippen molar-refractivity contribution in [2.45, 2.75) is 32.7 Å². The number of rotatable bonds is 5. The highest BCUT2D eigenvalue weighted by molar-refractivity contribution is 6.30. The van der Waals surface area contributed by atoms with Crippen molar-refractivity contribution in [3.63, 3.8) is 0 Å². The van der Waals surface area contributed by atoms with Crippen molar-refractivity contribution in [2.75, 3.05) is 6.54 Å². The molecule has 0 amide bonds. The molecule has 84 valence electrons. The van der Waals surface area contributed by atoms with E-state index in [4.69, 9.17) is 11.6 Å². The van der Waals surface area contributed by atoms with Crippen LogP contribution in [0.2, 0.25) is 5.02 Å². The average molecular weight is 230 g/mol. The standard InChI is InChI=1S/C12H17ClFN/c1-3-15-9(2)4-5-10-6-7-11(13)12(14)8-10/h6-9,15H,3-5H2,1-2H3. The van der Waals surface area contributed by atoms with E-state index in [1.54, 1.807) is 6.07 Å². The van der Waals surface area contributed by atoms with E-state index in [-0.39, 0.29) is 10.8 Å². The predicted octanol–water partition coefficient (Wildman–Crippen LogP) is 3.41. The summed E-state index contributed by atoms with van der Waals surface area (Å²) in [5.41, 5.74) is 1.00. The van der Waals surface area contributed by atoms with Crippen LogP contribution in [0, 0.1) is 5.82 Å². The van der Waals surface area contributed by atoms with Gasteiger partial charge in [-0.2, -0.15) is 0 Å². The van der Waals surface area contributed by atoms with Gasteiger partial charge < -0.3 is 5.32 Å². The molecule has 1 atom stereocenters. The lowest BCUT2D eigenvalue weighted by atomic mass is 10.1. The third-order valence-electron chi connectivity index (χ3n) is 2.40. The largest absolute Gasteiger partial charge is 0.315 e. The third-order valence-corrected chi connectivity index (χ3v) is 2.71. The first-order chi connectivity index (χ1) is 7.13. The molecular formula is C12H17ClFN. The van der Waals surface area contributed by atoms with E-state index in [1.165, 1.54) is 6.07 Å². The highest BCUT2D eigenvalue weighted by Gasteiger charge is 2.03. The molecule has 0 spiro atoms. The molecule has 3 heteroatoms. The number of aryl methyl sites for hydroxylation is 1. The molecule has 15 heavy (non-hydrogen) atoms. The van der Waals surface area contributed by atoms with Gasteiger partial charge in [0.2, 0.25) is 0 Å². The van der Waals surface area contributed by atoms with Crippen LogP contribution in [0.1, 0.15) is 25.8 Å². The minimum absolute atomic E-state index is 0.193. The molecule has 0 heterocycles. The first-order valence-electron chi connectivity index (χ1n) is 5.30. The van der Waals surface area contributed by atoms with Crippen molar-refractivity contribution in [1.82, 2.24) is 5.32 Å². The molecule has 0 aliphatic carbocycles. The Bertz CT molecular complexity index is 314. The van der Waals surface area contributed by atoms with Gasteiger partial charge >= 0.3 is 0 Å². The lowest BCUT2D eigenvalue weighted by Gasteiger charge is -2.11. The van der Waals surface area contributed by atoms with Crippen LogP contribution in [0.5, 0.6) is 0 Å². The van der Waals surface area contributed by atoms with E-state index in [0.717, 1.165) is 24.9 Å². The van der Waals surface area contributed by atoms with Crippen LogP contribution >= 0.6 is 11.6 Å². The molecule has 0 aliphatic heterocycles. The molecule has 0 aliphatic rings. The Morgan fingerprint density at radius 1 is 1.47 bits per heavy atom. The summed E-state index contributed by atoms with van der Waals surface area (Å²) in [5.74, 6) is -0.328. The first-order valence-corrected chi connectivity index (χ1v) is 5.68. The van der Waals surface area contributed by atoms with Crippen LogP contribution in [-0.4, -0.2) is 12.6 Å². The van der Waals surface area contributed by atoms with Crippen LogP contribution in [0.3, 0.4) is 0 Å². The van der Waals surface area contributed by atoms with Gasteiger partial charge in [-0.1, -0.05) is 24.6 Å². The maximum atomic E-state index is 13.1. The molecule has 0 bridgehead atoms. The first kappa shape index (κ1) is 12.5. The smallest absolute Gasteiger partial charge is 0.142 e. The second kappa shape index (κ2) is 6.09. The molecule has 0 radical (unpaired) electrons. The fourth-order valence-corrected chi connectivity index (χ4v) is 1.65. The van der Waals surface area contributed by atoms with Gasteiger partial charge in [0.15, 0.2) is 0 Å². The zero-order chi connectivity index (χ0) is 11.3. The van der Waals surface area contributed by atoms with Gasteiger partial charge in [-0.3, -0.25) is 0 Å². The van der Waals surface area contributed by atoms with Gasteiger partial charge in [0.05, 0.1) is 5.02 Å². The Balaban J connectivity index is 2.47. The van der Waals surface area contributed by atoms with E-state index < -0.39 is 0 Å². The Kier molecular flexibility index (Phi) is 5.06. The molecular weight excluding hydrogens is 213 g/mol. The van der Waals surface area contributed by atoms with E-state index in [1.807, 2.05) is 6.07 Å². The Morgan fingerprint density at radius 3 is 2.80 bits per heavy atom. The van der Waals surface area contributed by atoms with Crippen LogP contribution in [0.15, 0.2) is 18.2 Å². The quantitative estimate of drug-likeness (QED) is 0.816. The van der Waals surface area contributed by atoms with Crippen LogP contribution < -0.4 is 5.32 Å². The Hall–Kier alpha value is -0.600. The molecule has 1 unspecified atom stereocenters. The summed E-state index contributed by atoms with van der Waals surface area (Å²) in [4.78, 5) is 0. The number of benzene rings is 1. The zero-order valence-electron chi connectivity index (χ0n) is 9.19. The summed E-state index contributed by atoms with van der Waals surface area (Å²) in [7, 11) is 0. The van der Waals surface area contributed by atoms with E-state index >= 15 is 0 Å². The molecule has 0 fully saturated rings. The minimum atomic E-state index is -0.328. The maximum Gasteiger partial charge on any atom is 0.142 e. The summed E-state index contributed by atoms with van der Waals surface area (Å²) in [6.07, 6.45) is 1.89. The molecule has 0 saturated carbocycles. The predicted molar refractivity (Wildman–Crippen MR) is 62.9 cm³/mol. The molecule has 1 aromatic carbocycles. The van der Waals surface area contributed by atoms with Gasteiger partial charge in [0, 0.05) is 6.04 Å². The van der Waals surface area contributed by atoms with Crippen molar-refractivity contribution < 1.29 is 4.39 Å². The van der Waals surface area contributed by atoms with E-state index in [9.17, 15) is 4.39 Å². The fourth-order valence-electron chi connectivity index (χ4n) is 1.53. The highest BCUT2D eigenvalue weighted by Crippen LogP contribution is 2.16. The van der Waals surface area contributed by atoms with Gasteiger partial charge in [-0.25, -0.2) is 4.39 Å². The lowest BCUT2D eigenvalue weighted by molar-refractivity contribution is 0.529. The number of halogens is 2. The third kappa shape index (κ3) is 4.18. The monoisotopic (exact) mass is 229 g/mol. The van der Waals surface area contributed by atoms with Gasteiger partial charge in [-0.05, 0) is 44.0 Å². The Morgan fingerprint density at radius 2 is 2.20 bits per heavy atom. The summed E-state index contributed by atoms with van der Waals surface area (Å²) in [6.45, 7) is 5.18. The van der Waals surface area contributed by atoms with Gasteiger partial charge in [0.25, 0.3) is 0 Å². The molecule has 1 rings (SSSR count). The van der Waals surface area contributed by atoms with Crippen LogP contribution in [0.4, 0.5) is 4.39 Å². The molecule has 1 aromatic rings. The average Bonchev–Trinajstić information content (AvgIpc) is 2.20. The molecule has 0 aromatic heterocycles. The van der Waals surface area contributed by atoms with Gasteiger partial charge in [-0.15, -0.1) is 0 Å². The summed E-state index contributed by atoms with van der Waals surface area (Å²) in [5, 5.41) is 3.51. The normalized spacial score (nSPS) is 12.8. The molecule has 1 N–H and O–H groups in total. The second-order valence-corrected chi connectivity index (χ2v) is 4.15.